The molecule has 2 rings (SSSR count). The largest absolute Gasteiger partial charge is 0.191 e. The highest BCUT2D eigenvalue weighted by molar-refractivity contribution is 7.05. The standard InChI is InChI=1S/C8H7N3S/c1-6-5-8(11-12-6)7-3-2-4-9-10-7/h2-5H,1H3. The molecule has 0 bridgehead atoms. The van der Waals surface area contributed by atoms with Crippen molar-refractivity contribution in [2.75, 3.05) is 0 Å². The van der Waals surface area contributed by atoms with Crippen LogP contribution in [0, 0.1) is 6.92 Å². The number of nitrogens with zero attached hydrogens (tertiary/aromatic N) is 3. The molecule has 0 aliphatic rings. The molecular formula is C8H7N3S. The molecule has 0 N–H and O–H groups in total. The van der Waals surface area contributed by atoms with Crippen LogP contribution >= 0.6 is 11.5 Å². The lowest BCUT2D eigenvalue weighted by atomic mass is 10.3. The molecule has 2 heterocycles. The number of aryl methyl sites for hydroxylation is 1. The molecule has 0 fully saturated rings. The lowest BCUT2D eigenvalue weighted by Crippen LogP contribution is -1.84. The summed E-state index contributed by atoms with van der Waals surface area (Å²) >= 11 is 1.48. The maximum Gasteiger partial charge on any atom is 0.112 e. The van der Waals surface area contributed by atoms with Gasteiger partial charge in [0.25, 0.3) is 0 Å². The van der Waals surface area contributed by atoms with Crippen LogP contribution in [-0.4, -0.2) is 14.6 Å². The summed E-state index contributed by atoms with van der Waals surface area (Å²) in [5, 5.41) is 7.74. The molecule has 0 saturated heterocycles. The normalized spacial score (nSPS) is 10.1. The zero-order valence-electron chi connectivity index (χ0n) is 6.56. The Hall–Kier alpha value is -1.29. The third-order valence-electron chi connectivity index (χ3n) is 1.46. The molecule has 3 nitrogen and oxygen atoms in total. The van der Waals surface area contributed by atoms with E-state index in [1.165, 1.54) is 16.4 Å². The highest BCUT2D eigenvalue weighted by atomic mass is 32.1. The highest BCUT2D eigenvalue weighted by Gasteiger charge is 2.01. The van der Waals surface area contributed by atoms with Crippen molar-refractivity contribution >= 4 is 11.5 Å². The van der Waals surface area contributed by atoms with Crippen molar-refractivity contribution in [2.24, 2.45) is 0 Å². The van der Waals surface area contributed by atoms with Gasteiger partial charge in [-0.25, -0.2) is 0 Å². The number of rotatable bonds is 1. The Bertz CT molecular complexity index is 369. The summed E-state index contributed by atoms with van der Waals surface area (Å²) in [6.45, 7) is 2.03. The first-order valence-electron chi connectivity index (χ1n) is 3.57. The molecule has 0 aromatic carbocycles. The molecular weight excluding hydrogens is 170 g/mol. The summed E-state index contributed by atoms with van der Waals surface area (Å²) in [4.78, 5) is 1.19. The van der Waals surface area contributed by atoms with Gasteiger partial charge in [0.15, 0.2) is 0 Å². The molecule has 0 aliphatic heterocycles. The van der Waals surface area contributed by atoms with Crippen molar-refractivity contribution in [3.05, 3.63) is 29.3 Å². The maximum atomic E-state index is 4.23. The molecule has 0 amide bonds. The second kappa shape index (κ2) is 2.98. The molecule has 12 heavy (non-hydrogen) atoms. The second-order valence-corrected chi connectivity index (χ2v) is 3.44. The topological polar surface area (TPSA) is 38.7 Å². The molecule has 0 saturated carbocycles. The fourth-order valence-corrected chi connectivity index (χ4v) is 1.48. The van der Waals surface area contributed by atoms with Crippen LogP contribution in [-0.2, 0) is 0 Å². The zero-order valence-corrected chi connectivity index (χ0v) is 7.38. The molecule has 4 heteroatoms. The Labute approximate surface area is 74.3 Å². The van der Waals surface area contributed by atoms with E-state index in [4.69, 9.17) is 0 Å². The first-order valence-corrected chi connectivity index (χ1v) is 4.35. The van der Waals surface area contributed by atoms with Gasteiger partial charge in [0.05, 0.1) is 0 Å². The van der Waals surface area contributed by atoms with Gasteiger partial charge in [0.2, 0.25) is 0 Å². The summed E-state index contributed by atoms with van der Waals surface area (Å²) in [7, 11) is 0. The first kappa shape index (κ1) is 7.36. The van der Waals surface area contributed by atoms with E-state index >= 15 is 0 Å². The van der Waals surface area contributed by atoms with E-state index in [-0.39, 0.29) is 0 Å². The Kier molecular flexibility index (Phi) is 1.83. The van der Waals surface area contributed by atoms with E-state index in [1.807, 2.05) is 25.1 Å². The summed E-state index contributed by atoms with van der Waals surface area (Å²) in [5.41, 5.74) is 1.74. The lowest BCUT2D eigenvalue weighted by Gasteiger charge is -1.89. The van der Waals surface area contributed by atoms with E-state index in [2.05, 4.69) is 14.6 Å². The van der Waals surface area contributed by atoms with Crippen LogP contribution in [0.4, 0.5) is 0 Å². The molecule has 0 spiro atoms. The van der Waals surface area contributed by atoms with Crippen LogP contribution in [0.15, 0.2) is 24.4 Å². The van der Waals surface area contributed by atoms with E-state index in [1.54, 1.807) is 6.20 Å². The van der Waals surface area contributed by atoms with E-state index in [0.717, 1.165) is 11.4 Å². The smallest absolute Gasteiger partial charge is 0.112 e. The SMILES string of the molecule is Cc1cc(-c2cccnn2)ns1. The minimum absolute atomic E-state index is 0.835. The van der Waals surface area contributed by atoms with E-state index in [0.29, 0.717) is 0 Å². The molecule has 60 valence electrons. The van der Waals surface area contributed by atoms with E-state index in [9.17, 15) is 0 Å². The Balaban J connectivity index is 2.45. The number of aromatic nitrogens is 3. The van der Waals surface area contributed by atoms with Crippen molar-refractivity contribution < 1.29 is 0 Å². The maximum absolute atomic E-state index is 4.23. The monoisotopic (exact) mass is 177 g/mol. The number of hydrogen-bond donors (Lipinski definition) is 0. The van der Waals surface area contributed by atoms with Crippen molar-refractivity contribution in [3.8, 4) is 11.4 Å². The molecule has 0 radical (unpaired) electrons. The predicted octanol–water partition coefficient (Wildman–Crippen LogP) is 1.91. The van der Waals surface area contributed by atoms with Crippen LogP contribution in [0.2, 0.25) is 0 Å². The second-order valence-electron chi connectivity index (χ2n) is 2.43. The summed E-state index contributed by atoms with van der Waals surface area (Å²) in [6.07, 6.45) is 1.66. The first-order chi connectivity index (χ1) is 5.86. The summed E-state index contributed by atoms with van der Waals surface area (Å²) in [6, 6.07) is 5.77. The molecule has 0 unspecified atom stereocenters. The van der Waals surface area contributed by atoms with Crippen LogP contribution in [0.3, 0.4) is 0 Å². The van der Waals surface area contributed by atoms with Gasteiger partial charge in [-0.2, -0.15) is 9.47 Å². The Morgan fingerprint density at radius 3 is 2.83 bits per heavy atom. The fraction of sp³-hybridized carbons (Fsp3) is 0.125. The molecule has 0 atom stereocenters. The summed E-state index contributed by atoms with van der Waals surface area (Å²) < 4.78 is 4.23. The van der Waals surface area contributed by atoms with Crippen molar-refractivity contribution in [3.63, 3.8) is 0 Å². The Morgan fingerprint density at radius 1 is 1.33 bits per heavy atom. The summed E-state index contributed by atoms with van der Waals surface area (Å²) in [5.74, 6) is 0. The average Bonchev–Trinajstić information content (AvgIpc) is 2.54. The molecule has 0 aliphatic carbocycles. The van der Waals surface area contributed by atoms with Gasteiger partial charge < -0.3 is 0 Å². The molecule has 2 aromatic heterocycles. The van der Waals surface area contributed by atoms with Crippen LogP contribution < -0.4 is 0 Å². The van der Waals surface area contributed by atoms with Gasteiger partial charge in [0, 0.05) is 11.1 Å². The van der Waals surface area contributed by atoms with Gasteiger partial charge >= 0.3 is 0 Å². The third kappa shape index (κ3) is 1.33. The molecule has 2 aromatic rings. The lowest BCUT2D eigenvalue weighted by molar-refractivity contribution is 1.03. The number of hydrogen-bond acceptors (Lipinski definition) is 4. The van der Waals surface area contributed by atoms with Crippen LogP contribution in [0.5, 0.6) is 0 Å². The van der Waals surface area contributed by atoms with Crippen LogP contribution in [0.1, 0.15) is 4.88 Å². The quantitative estimate of drug-likeness (QED) is 0.667. The Morgan fingerprint density at radius 2 is 2.25 bits per heavy atom. The van der Waals surface area contributed by atoms with E-state index < -0.39 is 0 Å². The van der Waals surface area contributed by atoms with Gasteiger partial charge in [-0.1, -0.05) is 0 Å². The van der Waals surface area contributed by atoms with Crippen LogP contribution in [0.25, 0.3) is 11.4 Å². The minimum Gasteiger partial charge on any atom is -0.191 e. The van der Waals surface area contributed by atoms with Crippen molar-refractivity contribution in [2.45, 2.75) is 6.92 Å². The highest BCUT2D eigenvalue weighted by Crippen LogP contribution is 2.17. The fourth-order valence-electron chi connectivity index (χ4n) is 0.925. The van der Waals surface area contributed by atoms with Crippen molar-refractivity contribution in [1.82, 2.24) is 14.6 Å². The van der Waals surface area contributed by atoms with Gasteiger partial charge in [-0.3, -0.25) is 0 Å². The predicted molar refractivity (Wildman–Crippen MR) is 47.9 cm³/mol. The minimum atomic E-state index is 0.835. The van der Waals surface area contributed by atoms with Gasteiger partial charge in [0.1, 0.15) is 11.4 Å². The zero-order chi connectivity index (χ0) is 8.39. The van der Waals surface area contributed by atoms with Gasteiger partial charge in [-0.05, 0) is 36.7 Å². The average molecular weight is 177 g/mol. The van der Waals surface area contributed by atoms with Crippen molar-refractivity contribution in [1.29, 1.82) is 0 Å². The third-order valence-corrected chi connectivity index (χ3v) is 2.16. The van der Waals surface area contributed by atoms with Gasteiger partial charge in [-0.15, -0.1) is 5.10 Å².